The van der Waals surface area contributed by atoms with Crippen molar-refractivity contribution in [1.29, 1.82) is 0 Å². The van der Waals surface area contributed by atoms with Gasteiger partial charge in [-0.2, -0.15) is 0 Å². The first-order valence-electron chi connectivity index (χ1n) is 17.7. The Hall–Kier alpha value is -5.16. The Bertz CT molecular complexity index is 2770. The van der Waals surface area contributed by atoms with Gasteiger partial charge in [0.1, 0.15) is 16.8 Å². The van der Waals surface area contributed by atoms with Gasteiger partial charge in [-0.15, -0.1) is 0 Å². The van der Waals surface area contributed by atoms with Crippen LogP contribution in [0.3, 0.4) is 0 Å². The largest absolute Gasteiger partial charge is 0.466 e. The van der Waals surface area contributed by atoms with Crippen molar-refractivity contribution < 1.29 is 8.83 Å². The van der Waals surface area contributed by atoms with Gasteiger partial charge in [0.05, 0.1) is 11.2 Å². The number of benzene rings is 5. The molecule has 1 aliphatic carbocycles. The van der Waals surface area contributed by atoms with Crippen LogP contribution in [0.4, 0.5) is 17.1 Å². The van der Waals surface area contributed by atoms with Crippen LogP contribution in [0.25, 0.3) is 55.1 Å². The summed E-state index contributed by atoms with van der Waals surface area (Å²) in [6, 6.07) is 33.6. The summed E-state index contributed by atoms with van der Waals surface area (Å²) in [5, 5.41) is 3.42. The fourth-order valence-corrected chi connectivity index (χ4v) is 9.67. The van der Waals surface area contributed by atoms with Crippen molar-refractivity contribution in [3.8, 4) is 11.1 Å². The minimum atomic E-state index is -0.159. The quantitative estimate of drug-likeness (QED) is 0.168. The first-order chi connectivity index (χ1) is 23.6. The molecule has 3 aliphatic rings. The lowest BCUT2D eigenvalue weighted by Crippen LogP contribution is -2.56. The fourth-order valence-electron chi connectivity index (χ4n) is 9.67. The zero-order valence-electron chi connectivity index (χ0n) is 28.9. The second kappa shape index (κ2) is 8.89. The van der Waals surface area contributed by atoms with Crippen molar-refractivity contribution in [3.05, 3.63) is 113 Å². The number of para-hydroxylation sites is 3. The lowest BCUT2D eigenvalue weighted by atomic mass is 9.47. The van der Waals surface area contributed by atoms with Crippen LogP contribution in [-0.2, 0) is 10.8 Å². The van der Waals surface area contributed by atoms with E-state index in [0.717, 1.165) is 49.8 Å². The minimum absolute atomic E-state index is 0.0859. The second-order valence-corrected chi connectivity index (χ2v) is 16.1. The molecule has 49 heavy (non-hydrogen) atoms. The average Bonchev–Trinajstić information content (AvgIpc) is 3.75. The number of aromatic nitrogens is 1. The van der Waals surface area contributed by atoms with Gasteiger partial charge in [0, 0.05) is 38.6 Å². The number of rotatable bonds is 1. The van der Waals surface area contributed by atoms with E-state index >= 15 is 0 Å². The van der Waals surface area contributed by atoms with E-state index in [0.29, 0.717) is 0 Å². The Morgan fingerprint density at radius 3 is 2.08 bits per heavy atom. The SMILES string of the molecule is Cc1cc2c3c(c1)N(c1cc4c(cc1C)C(C)(C)CCC4(C)C)c1c(oc4ccccc14)B3n1c3c-2cccc3c2oc3ccccc3c21. The smallest absolute Gasteiger partial charge is 0.376 e. The molecular weight excluding hydrogens is 599 g/mol. The van der Waals surface area contributed by atoms with E-state index in [1.165, 1.54) is 68.6 Å². The zero-order chi connectivity index (χ0) is 33.1. The summed E-state index contributed by atoms with van der Waals surface area (Å²) in [6.07, 6.45) is 2.37. The second-order valence-electron chi connectivity index (χ2n) is 16.1. The van der Waals surface area contributed by atoms with E-state index in [4.69, 9.17) is 8.83 Å². The first-order valence-corrected chi connectivity index (χ1v) is 17.7. The maximum Gasteiger partial charge on any atom is 0.376 e. The van der Waals surface area contributed by atoms with Crippen molar-refractivity contribution >= 4 is 79.0 Å². The van der Waals surface area contributed by atoms with Crippen molar-refractivity contribution in [2.45, 2.75) is 65.2 Å². The number of furan rings is 2. The van der Waals surface area contributed by atoms with Gasteiger partial charge >= 0.3 is 6.85 Å². The van der Waals surface area contributed by atoms with Gasteiger partial charge in [-0.1, -0.05) is 76.2 Å². The van der Waals surface area contributed by atoms with Gasteiger partial charge in [0.15, 0.2) is 5.58 Å². The number of aryl methyl sites for hydroxylation is 2. The van der Waals surface area contributed by atoms with Crippen LogP contribution in [-0.4, -0.2) is 11.3 Å². The summed E-state index contributed by atoms with van der Waals surface area (Å²) in [6.45, 7) is 14.1. The maximum atomic E-state index is 7.11. The molecule has 4 nitrogen and oxygen atoms in total. The van der Waals surface area contributed by atoms with Crippen molar-refractivity contribution in [1.82, 2.24) is 4.48 Å². The van der Waals surface area contributed by atoms with Crippen LogP contribution < -0.4 is 16.0 Å². The van der Waals surface area contributed by atoms with Crippen LogP contribution in [0, 0.1) is 13.8 Å². The zero-order valence-corrected chi connectivity index (χ0v) is 28.9. The van der Waals surface area contributed by atoms with Crippen LogP contribution in [0.15, 0.2) is 99.8 Å². The molecule has 0 saturated heterocycles. The van der Waals surface area contributed by atoms with E-state index in [2.05, 4.69) is 142 Å². The summed E-state index contributed by atoms with van der Waals surface area (Å²) in [5.41, 5.74) is 19.2. The number of nitrogens with zero attached hydrogens (tertiary/aromatic N) is 2. The molecule has 5 heteroatoms. The fraction of sp³-hybridized carbons (Fsp3) is 0.227. The molecule has 0 amide bonds. The molecule has 0 atom stereocenters. The normalized spacial score (nSPS) is 16.9. The molecule has 0 saturated carbocycles. The molecule has 0 unspecified atom stereocenters. The molecule has 5 aromatic carbocycles. The highest BCUT2D eigenvalue weighted by Crippen LogP contribution is 2.52. The summed E-state index contributed by atoms with van der Waals surface area (Å²) >= 11 is 0. The predicted molar refractivity (Wildman–Crippen MR) is 204 cm³/mol. The Morgan fingerprint density at radius 2 is 1.31 bits per heavy atom. The highest BCUT2D eigenvalue weighted by atomic mass is 16.3. The molecule has 3 aromatic heterocycles. The molecular formula is C44H37BN2O2. The Balaban J connectivity index is 1.31. The van der Waals surface area contributed by atoms with Crippen LogP contribution in [0.5, 0.6) is 0 Å². The van der Waals surface area contributed by atoms with Gasteiger partial charge in [0.2, 0.25) is 0 Å². The molecule has 8 aromatic rings. The third kappa shape index (κ3) is 3.36. The topological polar surface area (TPSA) is 34.5 Å². The molecule has 0 N–H and O–H groups in total. The average molecular weight is 637 g/mol. The Labute approximate surface area is 286 Å². The summed E-state index contributed by atoms with van der Waals surface area (Å²) in [5.74, 6) is 0. The van der Waals surface area contributed by atoms with Crippen molar-refractivity contribution in [2.75, 3.05) is 4.90 Å². The Kier molecular flexibility index (Phi) is 5.04. The van der Waals surface area contributed by atoms with E-state index in [1.54, 1.807) is 0 Å². The molecule has 5 heterocycles. The van der Waals surface area contributed by atoms with Gasteiger partial charge in [-0.25, -0.2) is 0 Å². The summed E-state index contributed by atoms with van der Waals surface area (Å²) in [4.78, 5) is 2.55. The van der Waals surface area contributed by atoms with E-state index < -0.39 is 0 Å². The lowest BCUT2D eigenvalue weighted by Gasteiger charge is -2.44. The molecule has 0 bridgehead atoms. The molecule has 238 valence electrons. The monoisotopic (exact) mass is 636 g/mol. The van der Waals surface area contributed by atoms with Crippen molar-refractivity contribution in [3.63, 3.8) is 0 Å². The highest BCUT2D eigenvalue weighted by molar-refractivity contribution is 6.89. The maximum absolute atomic E-state index is 7.11. The van der Waals surface area contributed by atoms with E-state index in [-0.39, 0.29) is 17.7 Å². The number of hydrogen-bond donors (Lipinski definition) is 0. The van der Waals surface area contributed by atoms with Crippen LogP contribution in [0.2, 0.25) is 0 Å². The number of fused-ring (bicyclic) bond motifs is 12. The summed E-state index contributed by atoms with van der Waals surface area (Å²) in [7, 11) is 0. The molecule has 2 aliphatic heterocycles. The minimum Gasteiger partial charge on any atom is -0.466 e. The standard InChI is InChI=1S/C44H37BN2O2/c1-24-20-30-26-14-11-15-29-38(26)47(39-27-12-7-9-16-35(27)48-41(29)39)45-37(30)34(21-24)46(40-28-13-8-10-17-36(28)49-42(40)45)33-23-32-31(22-25(33)2)43(3,4)18-19-44(32,5)6/h7-17,20-23H,18-19H2,1-6H3. The van der Waals surface area contributed by atoms with Gasteiger partial charge in [-0.05, 0) is 113 Å². The van der Waals surface area contributed by atoms with E-state index in [9.17, 15) is 0 Å². The number of hydrogen-bond acceptors (Lipinski definition) is 3. The van der Waals surface area contributed by atoms with Crippen LogP contribution in [0.1, 0.15) is 62.8 Å². The van der Waals surface area contributed by atoms with E-state index in [1.807, 2.05) is 0 Å². The molecule has 0 fully saturated rings. The number of anilines is 3. The van der Waals surface area contributed by atoms with Gasteiger partial charge in [-0.3, -0.25) is 0 Å². The Morgan fingerprint density at radius 1 is 0.633 bits per heavy atom. The molecule has 11 rings (SSSR count). The predicted octanol–water partition coefficient (Wildman–Crippen LogP) is 10.7. The third-order valence-corrected chi connectivity index (χ3v) is 12.2. The van der Waals surface area contributed by atoms with Crippen molar-refractivity contribution in [2.24, 2.45) is 0 Å². The lowest BCUT2D eigenvalue weighted by molar-refractivity contribution is 0.332. The summed E-state index contributed by atoms with van der Waals surface area (Å²) < 4.78 is 16.3. The van der Waals surface area contributed by atoms with Gasteiger partial charge < -0.3 is 18.2 Å². The third-order valence-electron chi connectivity index (χ3n) is 12.2. The van der Waals surface area contributed by atoms with Gasteiger partial charge in [0.25, 0.3) is 0 Å². The highest BCUT2D eigenvalue weighted by Gasteiger charge is 2.48. The first kappa shape index (κ1) is 27.8. The molecule has 0 spiro atoms. The molecule has 0 radical (unpaired) electrons. The van der Waals surface area contributed by atoms with Crippen LogP contribution >= 0.6 is 0 Å².